The normalized spacial score (nSPS) is 10.8. The van der Waals surface area contributed by atoms with E-state index in [0.29, 0.717) is 11.3 Å². The number of carbonyl (C=O) groups excluding carboxylic acids is 3. The van der Waals surface area contributed by atoms with E-state index in [9.17, 15) is 19.2 Å². The number of anilines is 1. The van der Waals surface area contributed by atoms with Crippen molar-refractivity contribution in [2.24, 2.45) is 0 Å². The minimum atomic E-state index is -0.606. The van der Waals surface area contributed by atoms with Crippen LogP contribution < -0.4 is 21.5 Å². The summed E-state index contributed by atoms with van der Waals surface area (Å²) in [5, 5.41) is 13.8. The van der Waals surface area contributed by atoms with E-state index in [0.717, 1.165) is 0 Å². The highest BCUT2D eigenvalue weighted by Crippen LogP contribution is 2.15. The first-order chi connectivity index (χ1) is 14.1. The van der Waals surface area contributed by atoms with Gasteiger partial charge in [-0.05, 0) is 38.5 Å². The second-order valence-electron chi connectivity index (χ2n) is 7.37. The van der Waals surface area contributed by atoms with Gasteiger partial charge >= 0.3 is 6.09 Å². The number of rotatable bonds is 7. The SMILES string of the molecule is CC(C)(C)OC(=O)NCCC(=O)NCc1ccccc1NC(=O)c1ccc(=O)[nH]n1. The molecule has 0 spiro atoms. The lowest BCUT2D eigenvalue weighted by Gasteiger charge is -2.19. The van der Waals surface area contributed by atoms with Crippen molar-refractivity contribution in [1.29, 1.82) is 0 Å². The van der Waals surface area contributed by atoms with Gasteiger partial charge in [-0.3, -0.25) is 14.4 Å². The fourth-order valence-electron chi connectivity index (χ4n) is 2.33. The molecule has 0 aliphatic rings. The largest absolute Gasteiger partial charge is 0.444 e. The van der Waals surface area contributed by atoms with E-state index in [1.165, 1.54) is 12.1 Å². The van der Waals surface area contributed by atoms with Crippen molar-refractivity contribution in [3.8, 4) is 0 Å². The molecule has 0 aliphatic heterocycles. The predicted octanol–water partition coefficient (Wildman–Crippen LogP) is 1.55. The fourth-order valence-corrected chi connectivity index (χ4v) is 2.33. The van der Waals surface area contributed by atoms with Gasteiger partial charge in [-0.25, -0.2) is 9.89 Å². The molecular weight excluding hydrogens is 390 g/mol. The predicted molar refractivity (Wildman–Crippen MR) is 110 cm³/mol. The van der Waals surface area contributed by atoms with Crippen LogP contribution in [-0.4, -0.2) is 40.3 Å². The van der Waals surface area contributed by atoms with Crippen molar-refractivity contribution in [3.05, 3.63) is 58.0 Å². The number of alkyl carbamates (subject to hydrolysis) is 1. The number of nitrogens with one attached hydrogen (secondary N) is 4. The zero-order valence-corrected chi connectivity index (χ0v) is 17.1. The molecule has 4 N–H and O–H groups in total. The minimum Gasteiger partial charge on any atom is -0.444 e. The van der Waals surface area contributed by atoms with Gasteiger partial charge in [0.2, 0.25) is 5.91 Å². The fraction of sp³-hybridized carbons (Fsp3) is 0.350. The van der Waals surface area contributed by atoms with Gasteiger partial charge in [-0.1, -0.05) is 18.2 Å². The lowest BCUT2D eigenvalue weighted by Crippen LogP contribution is -2.35. The Labute approximate surface area is 173 Å². The van der Waals surface area contributed by atoms with Gasteiger partial charge in [-0.15, -0.1) is 0 Å². The highest BCUT2D eigenvalue weighted by Gasteiger charge is 2.16. The average Bonchev–Trinajstić information content (AvgIpc) is 2.66. The Morgan fingerprint density at radius 3 is 2.47 bits per heavy atom. The zero-order valence-electron chi connectivity index (χ0n) is 17.1. The van der Waals surface area contributed by atoms with Gasteiger partial charge < -0.3 is 20.7 Å². The third-order valence-corrected chi connectivity index (χ3v) is 3.67. The summed E-state index contributed by atoms with van der Waals surface area (Å²) in [6, 6.07) is 9.49. The number of carbonyl (C=O) groups is 3. The van der Waals surface area contributed by atoms with Crippen LogP contribution in [0.1, 0.15) is 43.2 Å². The maximum Gasteiger partial charge on any atom is 0.407 e. The molecule has 3 amide bonds. The molecule has 2 rings (SSSR count). The second-order valence-corrected chi connectivity index (χ2v) is 7.37. The van der Waals surface area contributed by atoms with E-state index in [1.807, 2.05) is 0 Å². The molecule has 160 valence electrons. The van der Waals surface area contributed by atoms with Crippen LogP contribution in [0.2, 0.25) is 0 Å². The van der Waals surface area contributed by atoms with Crippen LogP contribution in [0.5, 0.6) is 0 Å². The Morgan fingerprint density at radius 2 is 1.80 bits per heavy atom. The van der Waals surface area contributed by atoms with Crippen molar-refractivity contribution >= 4 is 23.6 Å². The van der Waals surface area contributed by atoms with Crippen LogP contribution in [-0.2, 0) is 16.1 Å². The summed E-state index contributed by atoms with van der Waals surface area (Å²) >= 11 is 0. The second kappa shape index (κ2) is 10.2. The summed E-state index contributed by atoms with van der Waals surface area (Å²) in [5.74, 6) is -0.763. The Bertz CT molecular complexity index is 944. The van der Waals surface area contributed by atoms with Gasteiger partial charge in [-0.2, -0.15) is 5.10 Å². The standard InChI is InChI=1S/C20H25N5O5/c1-20(2,3)30-19(29)21-11-10-16(26)22-12-13-6-4-5-7-14(13)23-18(28)15-8-9-17(27)25-24-15/h4-9H,10-12H2,1-3H3,(H,21,29)(H,22,26)(H,23,28)(H,25,27). The van der Waals surface area contributed by atoms with Gasteiger partial charge in [0.25, 0.3) is 11.5 Å². The Hall–Kier alpha value is -3.69. The van der Waals surface area contributed by atoms with E-state index in [-0.39, 0.29) is 31.1 Å². The van der Waals surface area contributed by atoms with E-state index < -0.39 is 23.2 Å². The molecule has 0 aliphatic carbocycles. The third-order valence-electron chi connectivity index (χ3n) is 3.67. The van der Waals surface area contributed by atoms with Crippen molar-refractivity contribution < 1.29 is 19.1 Å². The van der Waals surface area contributed by atoms with E-state index in [4.69, 9.17) is 4.74 Å². The van der Waals surface area contributed by atoms with E-state index >= 15 is 0 Å². The molecule has 1 aromatic heterocycles. The lowest BCUT2D eigenvalue weighted by molar-refractivity contribution is -0.121. The highest BCUT2D eigenvalue weighted by atomic mass is 16.6. The van der Waals surface area contributed by atoms with Crippen LogP contribution in [0.3, 0.4) is 0 Å². The summed E-state index contributed by atoms with van der Waals surface area (Å²) in [6.07, 6.45) is -0.506. The number of amides is 3. The van der Waals surface area contributed by atoms with Crippen molar-refractivity contribution in [2.75, 3.05) is 11.9 Å². The Balaban J connectivity index is 1.85. The van der Waals surface area contributed by atoms with Crippen LogP contribution in [0.25, 0.3) is 0 Å². The molecule has 0 saturated heterocycles. The van der Waals surface area contributed by atoms with Gasteiger partial charge in [0.15, 0.2) is 0 Å². The first-order valence-electron chi connectivity index (χ1n) is 9.32. The number of benzene rings is 1. The van der Waals surface area contributed by atoms with E-state index in [2.05, 4.69) is 26.1 Å². The Morgan fingerprint density at radius 1 is 1.07 bits per heavy atom. The summed E-state index contributed by atoms with van der Waals surface area (Å²) in [5.41, 5.74) is 0.231. The van der Waals surface area contributed by atoms with E-state index in [1.54, 1.807) is 45.0 Å². The molecule has 2 aromatic rings. The number of para-hydroxylation sites is 1. The molecule has 0 bridgehead atoms. The van der Waals surface area contributed by atoms with Crippen molar-refractivity contribution in [3.63, 3.8) is 0 Å². The van der Waals surface area contributed by atoms with Crippen molar-refractivity contribution in [2.45, 2.75) is 39.3 Å². The lowest BCUT2D eigenvalue weighted by atomic mass is 10.1. The molecule has 30 heavy (non-hydrogen) atoms. The number of aromatic nitrogens is 2. The Kier molecular flexibility index (Phi) is 7.68. The summed E-state index contributed by atoms with van der Waals surface area (Å²) in [4.78, 5) is 47.0. The third kappa shape index (κ3) is 7.74. The quantitative estimate of drug-likeness (QED) is 0.540. The summed E-state index contributed by atoms with van der Waals surface area (Å²) in [6.45, 7) is 5.58. The minimum absolute atomic E-state index is 0.0571. The first-order valence-corrected chi connectivity index (χ1v) is 9.32. The van der Waals surface area contributed by atoms with Gasteiger partial charge in [0.1, 0.15) is 11.3 Å². The first kappa shape index (κ1) is 22.6. The molecular formula is C20H25N5O5. The maximum absolute atomic E-state index is 12.3. The number of ether oxygens (including phenoxy) is 1. The molecule has 0 atom stereocenters. The molecule has 1 heterocycles. The van der Waals surface area contributed by atoms with Crippen LogP contribution in [0.4, 0.5) is 10.5 Å². The number of nitrogens with zero attached hydrogens (tertiary/aromatic N) is 1. The molecule has 1 aromatic carbocycles. The number of hydrogen-bond acceptors (Lipinski definition) is 6. The number of aromatic amines is 1. The summed E-state index contributed by atoms with van der Waals surface area (Å²) < 4.78 is 5.10. The number of H-pyrrole nitrogens is 1. The molecule has 0 unspecified atom stereocenters. The highest BCUT2D eigenvalue weighted by molar-refractivity contribution is 6.03. The topological polar surface area (TPSA) is 142 Å². The molecule has 10 heteroatoms. The summed E-state index contributed by atoms with van der Waals surface area (Å²) in [7, 11) is 0. The van der Waals surface area contributed by atoms with Crippen LogP contribution in [0, 0.1) is 0 Å². The molecule has 0 radical (unpaired) electrons. The zero-order chi connectivity index (χ0) is 22.1. The van der Waals surface area contributed by atoms with Gasteiger partial charge in [0.05, 0.1) is 0 Å². The molecule has 0 fully saturated rings. The smallest absolute Gasteiger partial charge is 0.407 e. The number of hydrogen-bond donors (Lipinski definition) is 4. The van der Waals surface area contributed by atoms with Crippen LogP contribution in [0.15, 0.2) is 41.2 Å². The van der Waals surface area contributed by atoms with Gasteiger partial charge in [0, 0.05) is 31.3 Å². The van der Waals surface area contributed by atoms with Crippen molar-refractivity contribution in [1.82, 2.24) is 20.8 Å². The average molecular weight is 415 g/mol. The molecule has 10 nitrogen and oxygen atoms in total. The van der Waals surface area contributed by atoms with Crippen LogP contribution >= 0.6 is 0 Å². The monoisotopic (exact) mass is 415 g/mol. The molecule has 0 saturated carbocycles. The maximum atomic E-state index is 12.3.